The minimum atomic E-state index is -0.370. The smallest absolute Gasteiger partial charge is 0.323 e. The summed E-state index contributed by atoms with van der Waals surface area (Å²) in [6.07, 6.45) is 3.28. The molecule has 0 spiro atoms. The number of hydrogen-bond acceptors (Lipinski definition) is 2. The maximum absolute atomic E-state index is 12.2. The third-order valence-electron chi connectivity index (χ3n) is 3.95. The predicted molar refractivity (Wildman–Crippen MR) is 100 cm³/mol. The molecular weight excluding hydrogens is 302 g/mol. The molecule has 2 aromatic rings. The molecule has 0 saturated carbocycles. The van der Waals surface area contributed by atoms with Crippen LogP contribution in [-0.2, 0) is 12.8 Å². The maximum atomic E-state index is 12.2. The van der Waals surface area contributed by atoms with Crippen LogP contribution in [0.2, 0.25) is 6.32 Å². The molecule has 128 valence electrons. The summed E-state index contributed by atoms with van der Waals surface area (Å²) in [5.41, 5.74) is 3.96. The lowest BCUT2D eigenvalue weighted by molar-refractivity contribution is 0.0993. The number of ketones is 1. The number of rotatable bonds is 3. The number of alkyl halides is 1. The van der Waals surface area contributed by atoms with Gasteiger partial charge >= 0.3 is 6.92 Å². The first-order valence-corrected chi connectivity index (χ1v) is 8.50. The average Bonchev–Trinajstić information content (AvgIpc) is 2.66. The molecule has 0 atom stereocenters. The van der Waals surface area contributed by atoms with Crippen LogP contribution in [0, 0.1) is 0 Å². The van der Waals surface area contributed by atoms with Crippen LogP contribution in [0.5, 0.6) is 0 Å². The van der Waals surface area contributed by atoms with E-state index in [-0.39, 0.29) is 12.7 Å². The molecule has 1 aliphatic heterocycles. The van der Waals surface area contributed by atoms with Gasteiger partial charge in [0.15, 0.2) is 5.78 Å². The fraction of sp³-hybridized carbons (Fsp3) is 0.350. The van der Waals surface area contributed by atoms with Gasteiger partial charge in [0, 0.05) is 12.0 Å². The van der Waals surface area contributed by atoms with Crippen molar-refractivity contribution >= 4 is 18.2 Å². The molecule has 0 radical (unpaired) electrons. The molecule has 3 rings (SSSR count). The molecule has 0 aliphatic carbocycles. The molecule has 24 heavy (non-hydrogen) atoms. The largest absolute Gasteiger partial charge is 0.446 e. The summed E-state index contributed by atoms with van der Waals surface area (Å²) in [7, 11) is 0.500. The van der Waals surface area contributed by atoms with E-state index in [4.69, 9.17) is 0 Å². The minimum absolute atomic E-state index is 0.121. The van der Waals surface area contributed by atoms with Gasteiger partial charge < -0.3 is 5.02 Å². The molecular formula is C20H26BFO2. The number of carbonyl (C=O) groups is 1. The van der Waals surface area contributed by atoms with Crippen molar-refractivity contribution in [3.63, 3.8) is 0 Å². The van der Waals surface area contributed by atoms with Gasteiger partial charge in [0.1, 0.15) is 0 Å². The second kappa shape index (κ2) is 10.8. The maximum Gasteiger partial charge on any atom is 0.323 e. The van der Waals surface area contributed by atoms with E-state index in [0.717, 1.165) is 35.8 Å². The number of fused-ring (bicyclic) bond motifs is 1. The summed E-state index contributed by atoms with van der Waals surface area (Å²) in [5.74, 6) is 0.121. The van der Waals surface area contributed by atoms with Crippen molar-refractivity contribution in [3.05, 3.63) is 65.2 Å². The molecule has 0 fully saturated rings. The van der Waals surface area contributed by atoms with Crippen LogP contribution in [0.25, 0.3) is 0 Å². The summed E-state index contributed by atoms with van der Waals surface area (Å²) < 4.78 is 9.50. The topological polar surface area (TPSA) is 37.3 Å². The summed E-state index contributed by atoms with van der Waals surface area (Å²) in [5, 5.41) is 10.1. The van der Waals surface area contributed by atoms with Gasteiger partial charge in [0.25, 0.3) is 0 Å². The second-order valence-corrected chi connectivity index (χ2v) is 5.41. The fourth-order valence-electron chi connectivity index (χ4n) is 2.85. The van der Waals surface area contributed by atoms with Crippen LogP contribution in [0.1, 0.15) is 41.8 Å². The Morgan fingerprint density at radius 2 is 1.79 bits per heavy atom. The summed E-state index contributed by atoms with van der Waals surface area (Å²) in [6, 6.07) is 15.4. The van der Waals surface area contributed by atoms with Crippen molar-refractivity contribution in [2.45, 2.75) is 39.4 Å². The molecule has 2 aromatic carbocycles. The standard InChI is InChI=1S/C17H17BO2.C2H6.CH3F/c19-17(15-5-2-1-3-6-15)12-13-8-9-14-7-4-10-18(20)16(14)11-13;2*1-2/h1-3,5-6,8-9,11,20H,4,7,10,12H2;1-2H3;1H3. The van der Waals surface area contributed by atoms with Gasteiger partial charge in [-0.2, -0.15) is 0 Å². The zero-order valence-electron chi connectivity index (χ0n) is 14.8. The first kappa shape index (κ1) is 20.1. The van der Waals surface area contributed by atoms with Gasteiger partial charge in [0.05, 0.1) is 7.18 Å². The van der Waals surface area contributed by atoms with Crippen LogP contribution in [0.15, 0.2) is 48.5 Å². The highest BCUT2D eigenvalue weighted by atomic mass is 19.1. The summed E-state index contributed by atoms with van der Waals surface area (Å²) in [4.78, 5) is 12.2. The molecule has 0 bridgehead atoms. The molecule has 1 N–H and O–H groups in total. The highest BCUT2D eigenvalue weighted by Gasteiger charge is 2.22. The Morgan fingerprint density at radius 3 is 2.46 bits per heavy atom. The SMILES string of the molecule is CC.CF.O=C(Cc1ccc2c(c1)B(O)CCC2)c1ccccc1. The van der Waals surface area contributed by atoms with Crippen molar-refractivity contribution < 1.29 is 14.2 Å². The number of hydrogen-bond donors (Lipinski definition) is 1. The number of carbonyl (C=O) groups excluding carboxylic acids is 1. The van der Waals surface area contributed by atoms with Gasteiger partial charge in [-0.1, -0.05) is 74.4 Å². The first-order valence-electron chi connectivity index (χ1n) is 8.50. The van der Waals surface area contributed by atoms with Crippen molar-refractivity contribution in [2.24, 2.45) is 0 Å². The zero-order chi connectivity index (χ0) is 17.9. The van der Waals surface area contributed by atoms with Crippen molar-refractivity contribution in [2.75, 3.05) is 7.18 Å². The van der Waals surface area contributed by atoms with Crippen LogP contribution < -0.4 is 5.46 Å². The average molecular weight is 328 g/mol. The molecule has 2 nitrogen and oxygen atoms in total. The predicted octanol–water partition coefficient (Wildman–Crippen LogP) is 3.86. The van der Waals surface area contributed by atoms with E-state index >= 15 is 0 Å². The third-order valence-corrected chi connectivity index (χ3v) is 3.95. The fourth-order valence-corrected chi connectivity index (χ4v) is 2.85. The van der Waals surface area contributed by atoms with E-state index < -0.39 is 0 Å². The Morgan fingerprint density at radius 1 is 1.12 bits per heavy atom. The molecule has 0 saturated heterocycles. The van der Waals surface area contributed by atoms with Crippen LogP contribution in [0.4, 0.5) is 4.39 Å². The number of halogens is 1. The molecule has 4 heteroatoms. The van der Waals surface area contributed by atoms with Gasteiger partial charge in [-0.25, -0.2) is 0 Å². The third kappa shape index (κ3) is 5.31. The zero-order valence-corrected chi connectivity index (χ0v) is 14.8. The van der Waals surface area contributed by atoms with Gasteiger partial charge in [-0.3, -0.25) is 9.18 Å². The number of aryl methyl sites for hydroxylation is 1. The highest BCUT2D eigenvalue weighted by molar-refractivity contribution is 6.67. The van der Waals surface area contributed by atoms with Crippen molar-refractivity contribution in [3.8, 4) is 0 Å². The lowest BCUT2D eigenvalue weighted by atomic mass is 9.53. The van der Waals surface area contributed by atoms with Gasteiger partial charge in [-0.05, 0) is 23.8 Å². The highest BCUT2D eigenvalue weighted by Crippen LogP contribution is 2.15. The second-order valence-electron chi connectivity index (χ2n) is 5.41. The van der Waals surface area contributed by atoms with Crippen molar-refractivity contribution in [1.29, 1.82) is 0 Å². The van der Waals surface area contributed by atoms with E-state index in [1.54, 1.807) is 0 Å². The Bertz CT molecular complexity index is 629. The van der Waals surface area contributed by atoms with Crippen LogP contribution in [0.3, 0.4) is 0 Å². The van der Waals surface area contributed by atoms with Crippen LogP contribution in [-0.4, -0.2) is 24.9 Å². The van der Waals surface area contributed by atoms with E-state index in [1.165, 1.54) is 5.56 Å². The van der Waals surface area contributed by atoms with Gasteiger partial charge in [-0.15, -0.1) is 0 Å². The number of benzene rings is 2. The Kier molecular flexibility index (Phi) is 9.02. The van der Waals surface area contributed by atoms with Gasteiger partial charge in [0.2, 0.25) is 0 Å². The van der Waals surface area contributed by atoms with Crippen LogP contribution >= 0.6 is 0 Å². The van der Waals surface area contributed by atoms with E-state index in [2.05, 4.69) is 6.07 Å². The van der Waals surface area contributed by atoms with Crippen molar-refractivity contribution in [1.82, 2.24) is 0 Å². The molecule has 0 amide bonds. The molecule has 1 aliphatic rings. The Balaban J connectivity index is 0.000000671. The lowest BCUT2D eigenvalue weighted by Crippen LogP contribution is -2.36. The van der Waals surface area contributed by atoms with E-state index in [9.17, 15) is 14.2 Å². The van der Waals surface area contributed by atoms with E-state index in [1.807, 2.05) is 56.3 Å². The summed E-state index contributed by atoms with van der Waals surface area (Å²) >= 11 is 0. The molecule has 0 unspecified atom stereocenters. The molecule has 1 heterocycles. The Hall–Kier alpha value is -1.94. The Labute approximate surface area is 144 Å². The summed E-state index contributed by atoms with van der Waals surface area (Å²) in [6.45, 7) is 3.63. The molecule has 0 aromatic heterocycles. The lowest BCUT2D eigenvalue weighted by Gasteiger charge is -2.19. The first-order chi connectivity index (χ1) is 11.7. The quantitative estimate of drug-likeness (QED) is 0.686. The monoisotopic (exact) mass is 328 g/mol. The minimum Gasteiger partial charge on any atom is -0.446 e. The number of Topliss-reactive ketones (excluding diaryl/α,β-unsaturated/α-hetero) is 1. The van der Waals surface area contributed by atoms with E-state index in [0.29, 0.717) is 13.6 Å². The normalized spacial score (nSPS) is 12.1.